The van der Waals surface area contributed by atoms with E-state index in [9.17, 15) is 0 Å². The van der Waals surface area contributed by atoms with Gasteiger partial charge in [-0.05, 0) is 6.07 Å². The lowest BCUT2D eigenvalue weighted by atomic mass is 9.92. The zero-order valence-corrected chi connectivity index (χ0v) is 12.4. The lowest BCUT2D eigenvalue weighted by Gasteiger charge is -2.13. The fourth-order valence-electron chi connectivity index (χ4n) is 2.07. The molecule has 0 atom stereocenters. The van der Waals surface area contributed by atoms with E-state index >= 15 is 0 Å². The average Bonchev–Trinajstić information content (AvgIpc) is 3.02. The summed E-state index contributed by atoms with van der Waals surface area (Å²) in [5, 5.41) is 14.5. The summed E-state index contributed by atoms with van der Waals surface area (Å²) in [6.45, 7) is 6.98. The highest BCUT2D eigenvalue weighted by molar-refractivity contribution is 5.68. The molecule has 0 aliphatic rings. The molecule has 7 heteroatoms. The monoisotopic (exact) mass is 285 g/mol. The van der Waals surface area contributed by atoms with Crippen LogP contribution < -0.4 is 11.1 Å². The minimum atomic E-state index is -0.00171. The number of fused-ring (bicyclic) bond motifs is 1. The number of anilines is 2. The number of nitrogen functional groups attached to an aromatic ring is 1. The van der Waals surface area contributed by atoms with E-state index in [-0.39, 0.29) is 5.41 Å². The molecule has 0 unspecified atom stereocenters. The van der Waals surface area contributed by atoms with Crippen LogP contribution in [-0.2, 0) is 12.0 Å². The van der Waals surface area contributed by atoms with Gasteiger partial charge in [0, 0.05) is 29.9 Å². The Hall–Kier alpha value is -2.57. The van der Waals surface area contributed by atoms with Crippen molar-refractivity contribution in [2.75, 3.05) is 11.1 Å². The average molecular weight is 285 g/mol. The van der Waals surface area contributed by atoms with Crippen molar-refractivity contribution < 1.29 is 0 Å². The molecule has 3 aromatic rings. The van der Waals surface area contributed by atoms with Crippen LogP contribution in [0.5, 0.6) is 0 Å². The van der Waals surface area contributed by atoms with Crippen LogP contribution in [0.25, 0.3) is 5.52 Å². The molecular weight excluding hydrogens is 266 g/mol. The summed E-state index contributed by atoms with van der Waals surface area (Å²) in [5.41, 5.74) is 8.67. The van der Waals surface area contributed by atoms with Crippen molar-refractivity contribution in [2.45, 2.75) is 32.7 Å². The molecule has 0 spiro atoms. The molecule has 0 aromatic carbocycles. The Morgan fingerprint density at radius 3 is 2.86 bits per heavy atom. The summed E-state index contributed by atoms with van der Waals surface area (Å²) in [4.78, 5) is 4.39. The lowest BCUT2D eigenvalue weighted by molar-refractivity contribution is 0.562. The Morgan fingerprint density at radius 2 is 2.19 bits per heavy atom. The summed E-state index contributed by atoms with van der Waals surface area (Å²) in [6.07, 6.45) is 5.29. The maximum Gasteiger partial charge on any atom is 0.152 e. The van der Waals surface area contributed by atoms with Crippen molar-refractivity contribution in [1.29, 1.82) is 0 Å². The van der Waals surface area contributed by atoms with Crippen LogP contribution in [0, 0.1) is 0 Å². The Balaban J connectivity index is 1.92. The van der Waals surface area contributed by atoms with Gasteiger partial charge >= 0.3 is 0 Å². The number of rotatable bonds is 3. The molecule has 0 saturated carbocycles. The molecule has 0 fully saturated rings. The molecule has 0 radical (unpaired) electrons. The molecule has 3 heterocycles. The molecule has 21 heavy (non-hydrogen) atoms. The van der Waals surface area contributed by atoms with Crippen LogP contribution in [0.1, 0.15) is 32.0 Å². The summed E-state index contributed by atoms with van der Waals surface area (Å²) in [6, 6.07) is 2.06. The number of hydrogen-bond donors (Lipinski definition) is 3. The van der Waals surface area contributed by atoms with E-state index in [0.717, 1.165) is 22.6 Å². The second kappa shape index (κ2) is 4.76. The minimum absolute atomic E-state index is 0.00171. The van der Waals surface area contributed by atoms with Crippen LogP contribution in [0.3, 0.4) is 0 Å². The fourth-order valence-corrected chi connectivity index (χ4v) is 2.07. The maximum absolute atomic E-state index is 5.78. The first kappa shape index (κ1) is 13.4. The second-order valence-electron chi connectivity index (χ2n) is 6.05. The van der Waals surface area contributed by atoms with Gasteiger partial charge in [-0.3, -0.25) is 5.10 Å². The molecule has 0 aliphatic carbocycles. The quantitative estimate of drug-likeness (QED) is 0.683. The van der Waals surface area contributed by atoms with Gasteiger partial charge in [0.2, 0.25) is 0 Å². The highest BCUT2D eigenvalue weighted by Crippen LogP contribution is 2.24. The van der Waals surface area contributed by atoms with E-state index < -0.39 is 0 Å². The predicted molar refractivity (Wildman–Crippen MR) is 82.0 cm³/mol. The van der Waals surface area contributed by atoms with E-state index in [0.29, 0.717) is 12.4 Å². The summed E-state index contributed by atoms with van der Waals surface area (Å²) in [5.74, 6) is 1.35. The van der Waals surface area contributed by atoms with Crippen LogP contribution in [-0.4, -0.2) is 24.8 Å². The standard InChI is InChI=1S/C14H19N7/c1-14(2,3)11-6-10-13(16-4-5-21(10)20-11)17-7-9-8-18-19-12(9)15/h4-6,8H,7H2,1-3H3,(H,16,17)(H3,15,18,19). The predicted octanol–water partition coefficient (Wildman–Crippen LogP) is 1.94. The molecule has 0 saturated heterocycles. The fraction of sp³-hybridized carbons (Fsp3) is 0.357. The molecule has 4 N–H and O–H groups in total. The van der Waals surface area contributed by atoms with Crippen LogP contribution >= 0.6 is 0 Å². The van der Waals surface area contributed by atoms with Gasteiger partial charge in [-0.15, -0.1) is 0 Å². The third kappa shape index (κ3) is 2.54. The normalized spacial score (nSPS) is 12.0. The van der Waals surface area contributed by atoms with E-state index in [1.54, 1.807) is 12.4 Å². The maximum atomic E-state index is 5.78. The Bertz CT molecular complexity index is 763. The Labute approximate surface area is 122 Å². The molecule has 110 valence electrons. The van der Waals surface area contributed by atoms with Crippen molar-refractivity contribution in [3.63, 3.8) is 0 Å². The van der Waals surface area contributed by atoms with Crippen LogP contribution in [0.15, 0.2) is 24.7 Å². The zero-order chi connectivity index (χ0) is 15.0. The van der Waals surface area contributed by atoms with E-state index in [4.69, 9.17) is 5.73 Å². The number of aromatic nitrogens is 5. The Kier molecular flexibility index (Phi) is 3.04. The first-order valence-electron chi connectivity index (χ1n) is 6.81. The van der Waals surface area contributed by atoms with E-state index in [2.05, 4.69) is 52.4 Å². The number of nitrogens with two attached hydrogens (primary N) is 1. The topological polar surface area (TPSA) is 96.9 Å². The molecule has 3 rings (SSSR count). The third-order valence-electron chi connectivity index (χ3n) is 3.36. The van der Waals surface area contributed by atoms with Crippen molar-refractivity contribution in [3.05, 3.63) is 35.9 Å². The number of nitrogens with zero attached hydrogens (tertiary/aromatic N) is 4. The van der Waals surface area contributed by atoms with Crippen molar-refractivity contribution in [2.24, 2.45) is 0 Å². The van der Waals surface area contributed by atoms with Gasteiger partial charge in [-0.1, -0.05) is 20.8 Å². The highest BCUT2D eigenvalue weighted by Gasteiger charge is 2.19. The molecule has 3 aromatic heterocycles. The van der Waals surface area contributed by atoms with Gasteiger partial charge in [-0.2, -0.15) is 10.2 Å². The van der Waals surface area contributed by atoms with E-state index in [1.807, 2.05) is 10.7 Å². The third-order valence-corrected chi connectivity index (χ3v) is 3.36. The largest absolute Gasteiger partial charge is 0.384 e. The summed E-state index contributed by atoms with van der Waals surface area (Å²) < 4.78 is 1.84. The first-order chi connectivity index (χ1) is 9.95. The summed E-state index contributed by atoms with van der Waals surface area (Å²) in [7, 11) is 0. The molecular formula is C14H19N7. The van der Waals surface area contributed by atoms with Gasteiger partial charge < -0.3 is 11.1 Å². The highest BCUT2D eigenvalue weighted by atomic mass is 15.2. The minimum Gasteiger partial charge on any atom is -0.384 e. The van der Waals surface area contributed by atoms with Gasteiger partial charge in [-0.25, -0.2) is 9.50 Å². The van der Waals surface area contributed by atoms with Gasteiger partial charge in [0.05, 0.1) is 11.9 Å². The molecule has 7 nitrogen and oxygen atoms in total. The van der Waals surface area contributed by atoms with Crippen LogP contribution in [0.4, 0.5) is 11.6 Å². The van der Waals surface area contributed by atoms with Gasteiger partial charge in [0.15, 0.2) is 5.82 Å². The number of hydrogen-bond acceptors (Lipinski definition) is 5. The zero-order valence-electron chi connectivity index (χ0n) is 12.4. The number of H-pyrrole nitrogens is 1. The smallest absolute Gasteiger partial charge is 0.152 e. The number of aromatic amines is 1. The van der Waals surface area contributed by atoms with Gasteiger partial charge in [0.1, 0.15) is 11.3 Å². The van der Waals surface area contributed by atoms with Gasteiger partial charge in [0.25, 0.3) is 0 Å². The summed E-state index contributed by atoms with van der Waals surface area (Å²) >= 11 is 0. The second-order valence-corrected chi connectivity index (χ2v) is 6.05. The molecule has 0 bridgehead atoms. The number of nitrogens with one attached hydrogen (secondary N) is 2. The van der Waals surface area contributed by atoms with Crippen molar-refractivity contribution in [1.82, 2.24) is 24.8 Å². The van der Waals surface area contributed by atoms with Crippen molar-refractivity contribution in [3.8, 4) is 0 Å². The lowest BCUT2D eigenvalue weighted by Crippen LogP contribution is -2.11. The van der Waals surface area contributed by atoms with Crippen molar-refractivity contribution >= 4 is 17.2 Å². The SMILES string of the molecule is CC(C)(C)c1cc2c(NCc3cn[nH]c3N)nccn2n1. The molecule has 0 aliphatic heterocycles. The van der Waals surface area contributed by atoms with E-state index in [1.165, 1.54) is 0 Å². The Morgan fingerprint density at radius 1 is 1.38 bits per heavy atom. The first-order valence-corrected chi connectivity index (χ1v) is 6.81. The molecule has 0 amide bonds. The van der Waals surface area contributed by atoms with Crippen LogP contribution in [0.2, 0.25) is 0 Å².